The number of aliphatic hydroxyl groups excluding tert-OH is 1. The molecule has 5 rings (SSSR count). The molecule has 3 aromatic heterocycles. The van der Waals surface area contributed by atoms with Gasteiger partial charge in [-0.25, -0.2) is 9.78 Å². The van der Waals surface area contributed by atoms with Crippen molar-refractivity contribution in [3.63, 3.8) is 0 Å². The number of fused-ring (bicyclic) bond motifs is 2. The van der Waals surface area contributed by atoms with E-state index in [1.807, 2.05) is 12.1 Å². The lowest BCUT2D eigenvalue weighted by atomic mass is 10.0. The lowest BCUT2D eigenvalue weighted by molar-refractivity contribution is -0.142. The number of aromatic amines is 3. The highest BCUT2D eigenvalue weighted by molar-refractivity contribution is 5.97. The van der Waals surface area contributed by atoms with E-state index >= 15 is 0 Å². The van der Waals surface area contributed by atoms with Gasteiger partial charge < -0.3 is 62.6 Å². The fourth-order valence-corrected chi connectivity index (χ4v) is 6.11. The Bertz CT molecular complexity index is 2230. The first-order valence-corrected chi connectivity index (χ1v) is 17.7. The van der Waals surface area contributed by atoms with Gasteiger partial charge in [0, 0.05) is 59.7 Å². The average molecular weight is 787 g/mol. The zero-order valence-corrected chi connectivity index (χ0v) is 30.3. The van der Waals surface area contributed by atoms with Crippen LogP contribution >= 0.6 is 0 Å². The Balaban J connectivity index is 1.31. The molecule has 20 heteroatoms. The Morgan fingerprint density at radius 1 is 0.667 bits per heavy atom. The van der Waals surface area contributed by atoms with Crippen molar-refractivity contribution < 1.29 is 48.9 Å². The van der Waals surface area contributed by atoms with Crippen LogP contribution in [0.4, 0.5) is 0 Å². The molecule has 5 atom stereocenters. The predicted octanol–water partition coefficient (Wildman–Crippen LogP) is -1.67. The summed E-state index contributed by atoms with van der Waals surface area (Å²) in [4.78, 5) is 103. The highest BCUT2D eigenvalue weighted by Crippen LogP contribution is 2.20. The second kappa shape index (κ2) is 19.0. The Hall–Kier alpha value is -7.06. The number of nitrogens with two attached hydrogens (primary N) is 1. The van der Waals surface area contributed by atoms with Gasteiger partial charge in [-0.1, -0.05) is 36.4 Å². The maximum Gasteiger partial charge on any atom is 0.326 e. The van der Waals surface area contributed by atoms with Gasteiger partial charge in [-0.15, -0.1) is 0 Å². The summed E-state index contributed by atoms with van der Waals surface area (Å²) in [6.07, 6.45) is 4.97. The van der Waals surface area contributed by atoms with Crippen molar-refractivity contribution in [3.05, 3.63) is 90.3 Å². The number of carboxylic acid groups (broad SMARTS) is 2. The second-order valence-corrected chi connectivity index (χ2v) is 13.1. The van der Waals surface area contributed by atoms with E-state index in [9.17, 15) is 43.8 Å². The van der Waals surface area contributed by atoms with E-state index in [-0.39, 0.29) is 19.3 Å². The van der Waals surface area contributed by atoms with Crippen LogP contribution in [0.15, 0.2) is 73.4 Å². The first kappa shape index (κ1) is 41.1. The highest BCUT2D eigenvalue weighted by Gasteiger charge is 2.32. The van der Waals surface area contributed by atoms with Crippen LogP contribution in [0.5, 0.6) is 0 Å². The molecule has 0 bridgehead atoms. The summed E-state index contributed by atoms with van der Waals surface area (Å²) in [6, 6.07) is 7.08. The molecule has 0 aliphatic heterocycles. The third-order valence-electron chi connectivity index (χ3n) is 9.04. The number of amides is 5. The van der Waals surface area contributed by atoms with E-state index < -0.39 is 91.3 Å². The van der Waals surface area contributed by atoms with Gasteiger partial charge in [0.1, 0.15) is 24.2 Å². The monoisotopic (exact) mass is 786 g/mol. The summed E-state index contributed by atoms with van der Waals surface area (Å²) >= 11 is 0. The van der Waals surface area contributed by atoms with Gasteiger partial charge in [0.05, 0.1) is 37.6 Å². The number of aromatic nitrogens is 4. The van der Waals surface area contributed by atoms with Crippen LogP contribution in [0, 0.1) is 0 Å². The number of imidazole rings is 1. The van der Waals surface area contributed by atoms with E-state index in [0.717, 1.165) is 21.8 Å². The van der Waals surface area contributed by atoms with Crippen molar-refractivity contribution >= 4 is 63.3 Å². The minimum Gasteiger partial charge on any atom is -0.481 e. The molecule has 57 heavy (non-hydrogen) atoms. The molecule has 0 spiro atoms. The maximum atomic E-state index is 14.0. The smallest absolute Gasteiger partial charge is 0.326 e. The molecule has 300 valence electrons. The van der Waals surface area contributed by atoms with Crippen molar-refractivity contribution in [2.45, 2.75) is 55.9 Å². The lowest BCUT2D eigenvalue weighted by Crippen LogP contribution is -2.59. The standard InChI is InChI=1S/C37H42N10O10/c38-24(12-32(50)51)33(52)42-16-31(49)44-27(9-19-13-40-25-7-3-1-5-22(19)25)34(53)45-28(11-21-15-39-18-43-21)35(54)47-30(17-48)36(55)46-29(37(56)57)10-20-14-41-26-8-4-2-6-23(20)26/h1-8,13-15,18,24,27-30,40-41,48H,9-12,16-17,38H2,(H,39,43)(H,42,52)(H,44,49)(H,45,53)(H,46,55)(H,47,54)(H,50,51)(H,56,57)/t24-,27-,28-,29-,30-/m0/s1. The van der Waals surface area contributed by atoms with Crippen LogP contribution in [-0.2, 0) is 52.8 Å². The van der Waals surface area contributed by atoms with Gasteiger partial charge in [0.15, 0.2) is 0 Å². The number of carbonyl (C=O) groups is 7. The van der Waals surface area contributed by atoms with Crippen LogP contribution < -0.4 is 32.3 Å². The molecule has 5 aromatic rings. The molecule has 13 N–H and O–H groups in total. The molecule has 5 amide bonds. The number of aliphatic carboxylic acids is 2. The van der Waals surface area contributed by atoms with Gasteiger partial charge in [0.2, 0.25) is 29.5 Å². The van der Waals surface area contributed by atoms with Gasteiger partial charge in [-0.3, -0.25) is 28.8 Å². The fraction of sp³-hybridized carbons (Fsp3) is 0.297. The summed E-state index contributed by atoms with van der Waals surface area (Å²) in [7, 11) is 0. The molecule has 0 aliphatic rings. The van der Waals surface area contributed by atoms with E-state index in [1.54, 1.807) is 48.8 Å². The molecule has 20 nitrogen and oxygen atoms in total. The van der Waals surface area contributed by atoms with Gasteiger partial charge in [-0.2, -0.15) is 0 Å². The molecule has 3 heterocycles. The van der Waals surface area contributed by atoms with Crippen LogP contribution in [0.25, 0.3) is 21.8 Å². The number of rotatable bonds is 20. The first-order valence-electron chi connectivity index (χ1n) is 17.7. The second-order valence-electron chi connectivity index (χ2n) is 13.1. The molecule has 0 radical (unpaired) electrons. The number of hydrogen-bond acceptors (Lipinski definition) is 10. The molecule has 2 aromatic carbocycles. The largest absolute Gasteiger partial charge is 0.481 e. The van der Waals surface area contributed by atoms with E-state index in [0.29, 0.717) is 16.8 Å². The number of carboxylic acids is 2. The van der Waals surface area contributed by atoms with Crippen LogP contribution in [0.3, 0.4) is 0 Å². The van der Waals surface area contributed by atoms with E-state index in [4.69, 9.17) is 10.8 Å². The number of carbonyl (C=O) groups excluding carboxylic acids is 5. The quantitative estimate of drug-likeness (QED) is 0.0422. The molecular formula is C37H42N10O10. The van der Waals surface area contributed by atoms with Crippen molar-refractivity contribution in [1.29, 1.82) is 0 Å². The maximum absolute atomic E-state index is 14.0. The summed E-state index contributed by atoms with van der Waals surface area (Å²) in [6.45, 7) is -1.59. The number of nitrogens with zero attached hydrogens (tertiary/aromatic N) is 1. The van der Waals surface area contributed by atoms with Crippen LogP contribution in [-0.4, -0.2) is 120 Å². The number of hydrogen-bond donors (Lipinski definition) is 12. The minimum absolute atomic E-state index is 0.0977. The summed E-state index contributed by atoms with van der Waals surface area (Å²) in [5.74, 6) is -7.21. The molecular weight excluding hydrogens is 744 g/mol. The summed E-state index contributed by atoms with van der Waals surface area (Å²) in [5, 5.41) is 42.6. The Kier molecular flexibility index (Phi) is 13.7. The Morgan fingerprint density at radius 3 is 1.74 bits per heavy atom. The normalized spacial score (nSPS) is 13.8. The Labute approximate surface area is 323 Å². The number of benzene rings is 2. The molecule has 0 unspecified atom stereocenters. The number of aliphatic hydroxyl groups is 1. The molecule has 0 saturated carbocycles. The van der Waals surface area contributed by atoms with Gasteiger partial charge in [0.25, 0.3) is 0 Å². The summed E-state index contributed by atoms with van der Waals surface area (Å²) < 4.78 is 0. The molecule has 0 saturated heterocycles. The average Bonchev–Trinajstić information content (AvgIpc) is 3.95. The van der Waals surface area contributed by atoms with Gasteiger partial charge >= 0.3 is 11.9 Å². The zero-order valence-electron chi connectivity index (χ0n) is 30.3. The fourth-order valence-electron chi connectivity index (χ4n) is 6.11. The lowest BCUT2D eigenvalue weighted by Gasteiger charge is -2.25. The molecule has 0 fully saturated rings. The number of H-pyrrole nitrogens is 3. The van der Waals surface area contributed by atoms with Crippen LogP contribution in [0.1, 0.15) is 23.2 Å². The predicted molar refractivity (Wildman–Crippen MR) is 202 cm³/mol. The van der Waals surface area contributed by atoms with E-state index in [1.165, 1.54) is 12.5 Å². The molecule has 0 aliphatic carbocycles. The number of para-hydroxylation sites is 2. The third kappa shape index (κ3) is 11.0. The van der Waals surface area contributed by atoms with E-state index in [2.05, 4.69) is 46.5 Å². The van der Waals surface area contributed by atoms with Crippen molar-refractivity contribution in [2.24, 2.45) is 5.73 Å². The van der Waals surface area contributed by atoms with Crippen molar-refractivity contribution in [2.75, 3.05) is 13.2 Å². The topological polar surface area (TPSA) is 327 Å². The first-order chi connectivity index (χ1) is 27.3. The van der Waals surface area contributed by atoms with Gasteiger partial charge in [-0.05, 0) is 23.3 Å². The highest BCUT2D eigenvalue weighted by atomic mass is 16.4. The van der Waals surface area contributed by atoms with Crippen molar-refractivity contribution in [3.8, 4) is 0 Å². The third-order valence-corrected chi connectivity index (χ3v) is 9.04. The zero-order chi connectivity index (χ0) is 41.1. The SMILES string of the molecule is N[C@@H](CC(=O)O)C(=O)NCC(=O)N[C@@H](Cc1c[nH]c2ccccc12)C(=O)N[C@@H](Cc1c[nH]cn1)C(=O)N[C@@H](CO)C(=O)N[C@@H](Cc1c[nH]c2ccccc12)C(=O)O. The summed E-state index contributed by atoms with van der Waals surface area (Å²) in [5.41, 5.74) is 8.64. The minimum atomic E-state index is -1.64. The number of nitrogens with one attached hydrogen (secondary N) is 8. The van der Waals surface area contributed by atoms with Crippen molar-refractivity contribution in [1.82, 2.24) is 46.5 Å². The van der Waals surface area contributed by atoms with Crippen LogP contribution in [0.2, 0.25) is 0 Å². The Morgan fingerprint density at radius 2 is 1.19 bits per heavy atom.